The van der Waals surface area contributed by atoms with Crippen molar-refractivity contribution >= 4 is 17.8 Å². The summed E-state index contributed by atoms with van der Waals surface area (Å²) < 4.78 is 0. The van der Waals surface area contributed by atoms with Gasteiger partial charge in [-0.25, -0.2) is 4.79 Å². The van der Waals surface area contributed by atoms with Crippen LogP contribution < -0.4 is 0 Å². The SMILES string of the molecule is O=C1N(C2CCCCC2)CSCN1C1CCCCC1. The van der Waals surface area contributed by atoms with Crippen LogP contribution in [0.4, 0.5) is 4.79 Å². The molecular formula is C15H26N2OS. The Morgan fingerprint density at radius 3 is 1.58 bits per heavy atom. The van der Waals surface area contributed by atoms with E-state index in [1.54, 1.807) is 0 Å². The van der Waals surface area contributed by atoms with Crippen LogP contribution >= 0.6 is 11.8 Å². The predicted octanol–water partition coefficient (Wildman–Crippen LogP) is 4.04. The van der Waals surface area contributed by atoms with Gasteiger partial charge >= 0.3 is 6.03 Å². The number of amides is 2. The van der Waals surface area contributed by atoms with Crippen LogP contribution in [-0.4, -0.2) is 39.7 Å². The first-order chi connectivity index (χ1) is 9.36. The highest BCUT2D eigenvalue weighted by Crippen LogP contribution is 2.32. The van der Waals surface area contributed by atoms with Crippen molar-refractivity contribution in [2.45, 2.75) is 76.3 Å². The first-order valence-electron chi connectivity index (χ1n) is 8.01. The zero-order valence-corrected chi connectivity index (χ0v) is 12.7. The smallest absolute Gasteiger partial charge is 0.312 e. The highest BCUT2D eigenvalue weighted by molar-refractivity contribution is 7.99. The molecule has 2 saturated carbocycles. The Bertz CT molecular complexity index is 283. The minimum absolute atomic E-state index is 0.345. The summed E-state index contributed by atoms with van der Waals surface area (Å²) in [5.74, 6) is 1.85. The minimum Gasteiger partial charge on any atom is -0.312 e. The molecule has 2 aliphatic carbocycles. The molecule has 0 spiro atoms. The van der Waals surface area contributed by atoms with E-state index in [4.69, 9.17) is 0 Å². The van der Waals surface area contributed by atoms with Crippen LogP contribution in [0, 0.1) is 0 Å². The number of carbonyl (C=O) groups is 1. The molecule has 2 amide bonds. The molecule has 0 aromatic carbocycles. The Morgan fingerprint density at radius 1 is 0.737 bits per heavy atom. The summed E-state index contributed by atoms with van der Waals surface area (Å²) in [5, 5.41) is 0. The van der Waals surface area contributed by atoms with Crippen LogP contribution in [0.3, 0.4) is 0 Å². The first kappa shape index (κ1) is 13.6. The van der Waals surface area contributed by atoms with E-state index in [9.17, 15) is 4.79 Å². The number of hydrogen-bond acceptors (Lipinski definition) is 2. The van der Waals surface area contributed by atoms with E-state index in [-0.39, 0.29) is 0 Å². The second kappa shape index (κ2) is 6.38. The van der Waals surface area contributed by atoms with Crippen molar-refractivity contribution in [1.82, 2.24) is 9.80 Å². The fourth-order valence-electron chi connectivity index (χ4n) is 3.82. The summed E-state index contributed by atoms with van der Waals surface area (Å²) in [7, 11) is 0. The standard InChI is InChI=1S/C15H26N2OS/c18-15-16(13-7-3-1-4-8-13)11-19-12-17(15)14-9-5-2-6-10-14/h13-14H,1-12H2. The van der Waals surface area contributed by atoms with Crippen LogP contribution in [0.15, 0.2) is 0 Å². The van der Waals surface area contributed by atoms with Crippen LogP contribution in [0.1, 0.15) is 64.2 Å². The van der Waals surface area contributed by atoms with Gasteiger partial charge in [0.25, 0.3) is 0 Å². The number of hydrogen-bond donors (Lipinski definition) is 0. The Hall–Kier alpha value is -0.380. The summed E-state index contributed by atoms with van der Waals surface area (Å²) in [6, 6.07) is 1.40. The van der Waals surface area contributed by atoms with Crippen molar-refractivity contribution < 1.29 is 4.79 Å². The Balaban J connectivity index is 1.64. The van der Waals surface area contributed by atoms with E-state index in [0.29, 0.717) is 18.1 Å². The zero-order chi connectivity index (χ0) is 13.1. The molecule has 3 aliphatic rings. The first-order valence-corrected chi connectivity index (χ1v) is 9.17. The number of rotatable bonds is 2. The molecule has 0 N–H and O–H groups in total. The van der Waals surface area contributed by atoms with Crippen LogP contribution in [-0.2, 0) is 0 Å². The largest absolute Gasteiger partial charge is 0.321 e. The van der Waals surface area contributed by atoms with Crippen molar-refractivity contribution in [2.75, 3.05) is 11.8 Å². The Kier molecular flexibility index (Phi) is 4.57. The normalized spacial score (nSPS) is 27.9. The van der Waals surface area contributed by atoms with E-state index in [1.165, 1.54) is 64.2 Å². The topological polar surface area (TPSA) is 23.6 Å². The van der Waals surface area contributed by atoms with E-state index < -0.39 is 0 Å². The lowest BCUT2D eigenvalue weighted by molar-refractivity contribution is 0.108. The van der Waals surface area contributed by atoms with Gasteiger partial charge in [-0.05, 0) is 25.7 Å². The van der Waals surface area contributed by atoms with Gasteiger partial charge < -0.3 is 9.80 Å². The Morgan fingerprint density at radius 2 is 1.16 bits per heavy atom. The molecule has 1 aliphatic heterocycles. The van der Waals surface area contributed by atoms with E-state index >= 15 is 0 Å². The predicted molar refractivity (Wildman–Crippen MR) is 80.1 cm³/mol. The highest BCUT2D eigenvalue weighted by Gasteiger charge is 2.35. The average Bonchev–Trinajstić information content (AvgIpc) is 2.49. The van der Waals surface area contributed by atoms with Gasteiger partial charge in [-0.1, -0.05) is 38.5 Å². The fraction of sp³-hybridized carbons (Fsp3) is 0.933. The van der Waals surface area contributed by atoms with E-state index in [0.717, 1.165) is 11.8 Å². The van der Waals surface area contributed by atoms with Crippen molar-refractivity contribution in [3.63, 3.8) is 0 Å². The molecule has 0 aromatic rings. The summed E-state index contributed by atoms with van der Waals surface area (Å²) in [6.07, 6.45) is 12.9. The van der Waals surface area contributed by atoms with Gasteiger partial charge in [-0.15, -0.1) is 11.8 Å². The molecule has 0 radical (unpaired) electrons. The molecule has 0 atom stereocenters. The van der Waals surface area contributed by atoms with E-state index in [2.05, 4.69) is 9.80 Å². The van der Waals surface area contributed by atoms with E-state index in [1.807, 2.05) is 11.8 Å². The molecule has 0 bridgehead atoms. The van der Waals surface area contributed by atoms with Gasteiger partial charge in [0.15, 0.2) is 0 Å². The molecule has 1 saturated heterocycles. The molecule has 19 heavy (non-hydrogen) atoms. The summed E-state index contributed by atoms with van der Waals surface area (Å²) in [4.78, 5) is 17.1. The highest BCUT2D eigenvalue weighted by atomic mass is 32.2. The molecule has 0 aromatic heterocycles. The summed E-state index contributed by atoms with van der Waals surface area (Å²) in [5.41, 5.74) is 0. The van der Waals surface area contributed by atoms with Crippen molar-refractivity contribution in [2.24, 2.45) is 0 Å². The second-order valence-corrected chi connectivity index (χ2v) is 7.19. The van der Waals surface area contributed by atoms with Crippen molar-refractivity contribution in [1.29, 1.82) is 0 Å². The van der Waals surface area contributed by atoms with Crippen molar-refractivity contribution in [3.8, 4) is 0 Å². The third-order valence-electron chi connectivity index (χ3n) is 4.98. The quantitative estimate of drug-likeness (QED) is 0.763. The molecule has 3 fully saturated rings. The molecule has 4 heteroatoms. The lowest BCUT2D eigenvalue weighted by Crippen LogP contribution is -2.55. The minimum atomic E-state index is 0.345. The molecule has 3 rings (SSSR count). The zero-order valence-electron chi connectivity index (χ0n) is 11.9. The van der Waals surface area contributed by atoms with Gasteiger partial charge in [0.2, 0.25) is 0 Å². The molecule has 3 nitrogen and oxygen atoms in total. The molecule has 108 valence electrons. The summed E-state index contributed by atoms with van der Waals surface area (Å²) >= 11 is 1.93. The van der Waals surface area contributed by atoms with Crippen LogP contribution in [0.25, 0.3) is 0 Å². The second-order valence-electron chi connectivity index (χ2n) is 6.27. The number of urea groups is 1. The van der Waals surface area contributed by atoms with Gasteiger partial charge in [0, 0.05) is 12.1 Å². The molecule has 1 heterocycles. The van der Waals surface area contributed by atoms with Crippen LogP contribution in [0.5, 0.6) is 0 Å². The third kappa shape index (κ3) is 3.04. The van der Waals surface area contributed by atoms with Gasteiger partial charge in [-0.2, -0.15) is 0 Å². The van der Waals surface area contributed by atoms with Crippen LogP contribution in [0.2, 0.25) is 0 Å². The number of carbonyl (C=O) groups excluding carboxylic acids is 1. The maximum atomic E-state index is 12.8. The van der Waals surface area contributed by atoms with Gasteiger partial charge in [-0.3, -0.25) is 0 Å². The summed E-state index contributed by atoms with van der Waals surface area (Å²) in [6.45, 7) is 0. The maximum Gasteiger partial charge on any atom is 0.321 e. The van der Waals surface area contributed by atoms with Gasteiger partial charge in [0.05, 0.1) is 11.8 Å². The Labute approximate surface area is 121 Å². The molecular weight excluding hydrogens is 256 g/mol. The maximum absolute atomic E-state index is 12.8. The number of nitrogens with zero attached hydrogens (tertiary/aromatic N) is 2. The van der Waals surface area contributed by atoms with Gasteiger partial charge in [0.1, 0.15) is 0 Å². The lowest BCUT2D eigenvalue weighted by Gasteiger charge is -2.44. The molecule has 0 unspecified atom stereocenters. The fourth-order valence-corrected chi connectivity index (χ4v) is 4.94. The average molecular weight is 282 g/mol. The third-order valence-corrected chi connectivity index (χ3v) is 5.90. The number of thioether (sulfide) groups is 1. The monoisotopic (exact) mass is 282 g/mol. The van der Waals surface area contributed by atoms with Crippen molar-refractivity contribution in [3.05, 3.63) is 0 Å². The lowest BCUT2D eigenvalue weighted by atomic mass is 9.93.